The van der Waals surface area contributed by atoms with Crippen LogP contribution in [-0.2, 0) is 4.74 Å². The normalized spacial score (nSPS) is 14.2. The molecule has 1 aromatic heterocycles. The van der Waals surface area contributed by atoms with Crippen molar-refractivity contribution in [2.45, 2.75) is 6.92 Å². The lowest BCUT2D eigenvalue weighted by Gasteiger charge is -2.34. The maximum Gasteiger partial charge on any atom is 0.409 e. The van der Waals surface area contributed by atoms with Gasteiger partial charge in [-0.25, -0.2) is 22.9 Å². The quantitative estimate of drug-likeness (QED) is 0.822. The SMILES string of the molecule is CCOC(=O)N1CCN(c2ccnc(Nc3ccc(F)c(F)c3F)n2)CC1. The maximum atomic E-state index is 13.8. The van der Waals surface area contributed by atoms with Crippen molar-refractivity contribution in [3.63, 3.8) is 0 Å². The molecule has 0 spiro atoms. The van der Waals surface area contributed by atoms with Crippen molar-refractivity contribution in [1.82, 2.24) is 14.9 Å². The minimum atomic E-state index is -1.56. The van der Waals surface area contributed by atoms with Gasteiger partial charge in [0.15, 0.2) is 17.5 Å². The maximum absolute atomic E-state index is 13.8. The molecule has 1 aromatic carbocycles. The van der Waals surface area contributed by atoms with Crippen LogP contribution in [0.1, 0.15) is 6.92 Å². The van der Waals surface area contributed by atoms with E-state index in [4.69, 9.17) is 4.74 Å². The Morgan fingerprint density at radius 2 is 1.89 bits per heavy atom. The Kier molecular flexibility index (Phi) is 5.63. The number of aromatic nitrogens is 2. The van der Waals surface area contributed by atoms with Gasteiger partial charge in [-0.15, -0.1) is 0 Å². The van der Waals surface area contributed by atoms with Gasteiger partial charge < -0.3 is 19.9 Å². The molecular weight excluding hydrogens is 363 g/mol. The standard InChI is InChI=1S/C17H18F3N5O2/c1-2-27-17(26)25-9-7-24(8-10-25)13-5-6-21-16(23-13)22-12-4-3-11(18)14(19)15(12)20/h3-6H,2,7-10H2,1H3,(H,21,22,23). The molecule has 0 atom stereocenters. The van der Waals surface area contributed by atoms with Crippen LogP contribution in [0.4, 0.5) is 35.4 Å². The average molecular weight is 381 g/mol. The van der Waals surface area contributed by atoms with Gasteiger partial charge in [0.25, 0.3) is 0 Å². The molecule has 10 heteroatoms. The Bertz CT molecular complexity index is 828. The van der Waals surface area contributed by atoms with Crippen LogP contribution in [0.5, 0.6) is 0 Å². The molecule has 3 rings (SSSR count). The molecule has 1 N–H and O–H groups in total. The molecule has 27 heavy (non-hydrogen) atoms. The number of carbonyl (C=O) groups excluding carboxylic acids is 1. The molecule has 2 heterocycles. The van der Waals surface area contributed by atoms with Crippen molar-refractivity contribution in [1.29, 1.82) is 0 Å². The van der Waals surface area contributed by atoms with E-state index in [0.29, 0.717) is 38.6 Å². The smallest absolute Gasteiger partial charge is 0.409 e. The van der Waals surface area contributed by atoms with Crippen LogP contribution in [0.15, 0.2) is 24.4 Å². The summed E-state index contributed by atoms with van der Waals surface area (Å²) in [5, 5.41) is 2.55. The van der Waals surface area contributed by atoms with Gasteiger partial charge in [0.05, 0.1) is 12.3 Å². The van der Waals surface area contributed by atoms with E-state index in [1.807, 2.05) is 4.90 Å². The van der Waals surface area contributed by atoms with Crippen LogP contribution < -0.4 is 10.2 Å². The average Bonchev–Trinajstić information content (AvgIpc) is 2.69. The molecule has 1 aliphatic heterocycles. The second kappa shape index (κ2) is 8.11. The molecule has 144 valence electrons. The third kappa shape index (κ3) is 4.21. The van der Waals surface area contributed by atoms with Gasteiger partial charge in [0.1, 0.15) is 5.82 Å². The molecule has 0 radical (unpaired) electrons. The van der Waals surface area contributed by atoms with Crippen LogP contribution in [0, 0.1) is 17.5 Å². The monoisotopic (exact) mass is 381 g/mol. The van der Waals surface area contributed by atoms with Gasteiger partial charge in [-0.1, -0.05) is 0 Å². The molecule has 1 fully saturated rings. The first-order valence-electron chi connectivity index (χ1n) is 8.39. The molecule has 1 aliphatic rings. The number of halogens is 3. The Hall–Kier alpha value is -3.04. The Labute approximate surface area is 153 Å². The number of hydrogen-bond donors (Lipinski definition) is 1. The lowest BCUT2D eigenvalue weighted by molar-refractivity contribution is 0.105. The predicted octanol–water partition coefficient (Wildman–Crippen LogP) is 2.92. The fourth-order valence-corrected chi connectivity index (χ4v) is 2.66. The van der Waals surface area contributed by atoms with E-state index in [-0.39, 0.29) is 17.7 Å². The number of ether oxygens (including phenoxy) is 1. The Morgan fingerprint density at radius 1 is 1.15 bits per heavy atom. The summed E-state index contributed by atoms with van der Waals surface area (Å²) in [5.41, 5.74) is -0.266. The molecule has 7 nitrogen and oxygen atoms in total. The summed E-state index contributed by atoms with van der Waals surface area (Å²) in [4.78, 5) is 23.5. The van der Waals surface area contributed by atoms with E-state index in [1.54, 1.807) is 17.9 Å². The number of nitrogens with zero attached hydrogens (tertiary/aromatic N) is 4. The summed E-state index contributed by atoms with van der Waals surface area (Å²) >= 11 is 0. The first-order chi connectivity index (χ1) is 13.0. The van der Waals surface area contributed by atoms with Gasteiger partial charge in [-0.3, -0.25) is 0 Å². The molecule has 0 bridgehead atoms. The molecular formula is C17H18F3N5O2. The number of hydrogen-bond acceptors (Lipinski definition) is 6. The first-order valence-corrected chi connectivity index (χ1v) is 8.39. The Balaban J connectivity index is 1.68. The summed E-state index contributed by atoms with van der Waals surface area (Å²) in [6.45, 7) is 4.09. The zero-order valence-corrected chi connectivity index (χ0v) is 14.6. The van der Waals surface area contributed by atoms with Crippen molar-refractivity contribution >= 4 is 23.5 Å². The van der Waals surface area contributed by atoms with E-state index >= 15 is 0 Å². The topological polar surface area (TPSA) is 70.6 Å². The van der Waals surface area contributed by atoms with Gasteiger partial charge in [-0.05, 0) is 25.1 Å². The van der Waals surface area contributed by atoms with Crippen molar-refractivity contribution < 1.29 is 22.7 Å². The highest BCUT2D eigenvalue weighted by Gasteiger charge is 2.23. The second-order valence-electron chi connectivity index (χ2n) is 5.76. The predicted molar refractivity (Wildman–Crippen MR) is 92.4 cm³/mol. The molecule has 1 saturated heterocycles. The van der Waals surface area contributed by atoms with Crippen LogP contribution >= 0.6 is 0 Å². The minimum Gasteiger partial charge on any atom is -0.450 e. The number of benzene rings is 1. The summed E-state index contributed by atoms with van der Waals surface area (Å²) in [5.74, 6) is -3.56. The van der Waals surface area contributed by atoms with Crippen LogP contribution in [0.2, 0.25) is 0 Å². The molecule has 0 aliphatic carbocycles. The van der Waals surface area contributed by atoms with Gasteiger partial charge in [-0.2, -0.15) is 4.98 Å². The summed E-state index contributed by atoms with van der Waals surface area (Å²) in [6.07, 6.45) is 1.12. The number of amides is 1. The number of anilines is 3. The Morgan fingerprint density at radius 3 is 2.59 bits per heavy atom. The van der Waals surface area contributed by atoms with E-state index in [2.05, 4.69) is 15.3 Å². The number of rotatable bonds is 4. The van der Waals surface area contributed by atoms with Gasteiger partial charge in [0, 0.05) is 32.4 Å². The number of nitrogens with one attached hydrogen (secondary N) is 1. The molecule has 1 amide bonds. The highest BCUT2D eigenvalue weighted by molar-refractivity contribution is 5.68. The van der Waals surface area contributed by atoms with E-state index in [9.17, 15) is 18.0 Å². The highest BCUT2D eigenvalue weighted by Crippen LogP contribution is 2.23. The van der Waals surface area contributed by atoms with Crippen molar-refractivity contribution in [3.8, 4) is 0 Å². The van der Waals surface area contributed by atoms with Crippen LogP contribution in [-0.4, -0.2) is 53.7 Å². The van der Waals surface area contributed by atoms with Crippen molar-refractivity contribution in [2.24, 2.45) is 0 Å². The third-order valence-electron chi connectivity index (χ3n) is 4.05. The summed E-state index contributed by atoms with van der Waals surface area (Å²) in [7, 11) is 0. The van der Waals surface area contributed by atoms with Crippen LogP contribution in [0.3, 0.4) is 0 Å². The van der Waals surface area contributed by atoms with Crippen molar-refractivity contribution in [2.75, 3.05) is 43.0 Å². The zero-order valence-electron chi connectivity index (χ0n) is 14.6. The number of piperazine rings is 1. The van der Waals surface area contributed by atoms with E-state index in [1.165, 1.54) is 6.20 Å². The van der Waals surface area contributed by atoms with Gasteiger partial charge >= 0.3 is 6.09 Å². The van der Waals surface area contributed by atoms with Gasteiger partial charge in [0.2, 0.25) is 5.95 Å². The van der Waals surface area contributed by atoms with E-state index in [0.717, 1.165) is 12.1 Å². The lowest BCUT2D eigenvalue weighted by Crippen LogP contribution is -2.49. The first kappa shape index (κ1) is 18.7. The second-order valence-corrected chi connectivity index (χ2v) is 5.76. The highest BCUT2D eigenvalue weighted by atomic mass is 19.2. The molecule has 0 saturated carbocycles. The van der Waals surface area contributed by atoms with E-state index < -0.39 is 17.5 Å². The lowest BCUT2D eigenvalue weighted by atomic mass is 10.3. The van der Waals surface area contributed by atoms with Crippen LogP contribution in [0.25, 0.3) is 0 Å². The molecule has 2 aromatic rings. The minimum absolute atomic E-state index is 0.0465. The van der Waals surface area contributed by atoms with Crippen molar-refractivity contribution in [3.05, 3.63) is 41.8 Å². The zero-order chi connectivity index (χ0) is 19.4. The third-order valence-corrected chi connectivity index (χ3v) is 4.05. The fourth-order valence-electron chi connectivity index (χ4n) is 2.66. The summed E-state index contributed by atoms with van der Waals surface area (Å²) in [6, 6.07) is 3.56. The number of carbonyl (C=O) groups is 1. The fraction of sp³-hybridized carbons (Fsp3) is 0.353. The summed E-state index contributed by atoms with van der Waals surface area (Å²) < 4.78 is 45.1. The molecule has 0 unspecified atom stereocenters. The largest absolute Gasteiger partial charge is 0.450 e.